The van der Waals surface area contributed by atoms with Gasteiger partial charge in [0.05, 0.1) is 25.3 Å². The van der Waals surface area contributed by atoms with Crippen LogP contribution >= 0.6 is 0 Å². The molecule has 8 heteroatoms. The Kier molecular flexibility index (Phi) is 8.81. The maximum absolute atomic E-state index is 12.8. The van der Waals surface area contributed by atoms with E-state index in [9.17, 15) is 14.4 Å². The Bertz CT molecular complexity index is 1050. The van der Waals surface area contributed by atoms with Crippen LogP contribution in [0, 0.1) is 0 Å². The van der Waals surface area contributed by atoms with Crippen LogP contribution in [-0.2, 0) is 25.7 Å². The smallest absolute Gasteiger partial charge is 0.337 e. The van der Waals surface area contributed by atoms with E-state index >= 15 is 0 Å². The van der Waals surface area contributed by atoms with Crippen molar-refractivity contribution in [2.24, 2.45) is 0 Å². The molecule has 180 valence electrons. The van der Waals surface area contributed by atoms with Crippen molar-refractivity contribution in [1.82, 2.24) is 10.2 Å². The first-order valence-corrected chi connectivity index (χ1v) is 11.3. The number of rotatable bonds is 10. The third-order valence-corrected chi connectivity index (χ3v) is 5.59. The number of nitrogens with one attached hydrogen (secondary N) is 2. The highest BCUT2D eigenvalue weighted by Gasteiger charge is 2.36. The van der Waals surface area contributed by atoms with Crippen molar-refractivity contribution in [2.75, 3.05) is 25.6 Å². The molecule has 34 heavy (non-hydrogen) atoms. The van der Waals surface area contributed by atoms with E-state index in [-0.39, 0.29) is 18.5 Å². The quantitative estimate of drug-likeness (QED) is 0.514. The lowest BCUT2D eigenvalue weighted by Gasteiger charge is -2.35. The molecule has 0 unspecified atom stereocenters. The molecule has 0 bridgehead atoms. The average Bonchev–Trinajstić information content (AvgIpc) is 2.84. The third-order valence-electron chi connectivity index (χ3n) is 5.59. The van der Waals surface area contributed by atoms with Crippen molar-refractivity contribution >= 4 is 23.6 Å². The van der Waals surface area contributed by atoms with Crippen LogP contribution in [0.1, 0.15) is 43.9 Å². The topological polar surface area (TPSA) is 97.0 Å². The lowest BCUT2D eigenvalue weighted by atomic mass is 9.94. The molecular weight excluding hydrogens is 434 g/mol. The summed E-state index contributed by atoms with van der Waals surface area (Å²) < 4.78 is 10.5. The average molecular weight is 466 g/mol. The monoisotopic (exact) mass is 465 g/mol. The van der Waals surface area contributed by atoms with E-state index in [0.717, 1.165) is 18.4 Å². The van der Waals surface area contributed by atoms with Crippen LogP contribution in [0.2, 0.25) is 0 Å². The van der Waals surface area contributed by atoms with E-state index in [1.54, 1.807) is 36.1 Å². The summed E-state index contributed by atoms with van der Waals surface area (Å²) in [5.41, 5.74) is 3.11. The van der Waals surface area contributed by atoms with Gasteiger partial charge >= 0.3 is 12.0 Å². The predicted molar refractivity (Wildman–Crippen MR) is 129 cm³/mol. The van der Waals surface area contributed by atoms with Gasteiger partial charge in [-0.2, -0.15) is 0 Å². The number of nitrogens with zero attached hydrogens (tertiary/aromatic N) is 1. The first-order valence-electron chi connectivity index (χ1n) is 11.3. The number of allylic oxidation sites excluding steroid dienone is 1. The van der Waals surface area contributed by atoms with Crippen LogP contribution in [0.3, 0.4) is 0 Å². The summed E-state index contributed by atoms with van der Waals surface area (Å²) in [7, 11) is 1.32. The Morgan fingerprint density at radius 3 is 2.59 bits per heavy atom. The van der Waals surface area contributed by atoms with Gasteiger partial charge in [-0.05, 0) is 36.6 Å². The van der Waals surface area contributed by atoms with E-state index in [0.29, 0.717) is 35.7 Å². The highest BCUT2D eigenvalue weighted by molar-refractivity contribution is 5.95. The van der Waals surface area contributed by atoms with Crippen LogP contribution in [0.5, 0.6) is 0 Å². The second kappa shape index (κ2) is 12.0. The van der Waals surface area contributed by atoms with Crippen molar-refractivity contribution in [1.29, 1.82) is 0 Å². The number of hydrogen-bond acceptors (Lipinski definition) is 5. The molecule has 0 saturated heterocycles. The molecule has 1 aliphatic rings. The van der Waals surface area contributed by atoms with E-state index in [1.807, 2.05) is 37.3 Å². The first kappa shape index (κ1) is 25.0. The molecule has 0 fully saturated rings. The Morgan fingerprint density at radius 2 is 1.88 bits per heavy atom. The fourth-order valence-corrected chi connectivity index (χ4v) is 3.82. The van der Waals surface area contributed by atoms with Gasteiger partial charge in [-0.1, -0.05) is 55.8 Å². The number of amides is 3. The Morgan fingerprint density at radius 1 is 1.12 bits per heavy atom. The normalized spacial score (nSPS) is 15.7. The highest BCUT2D eigenvalue weighted by atomic mass is 16.5. The van der Waals surface area contributed by atoms with Crippen LogP contribution in [0.15, 0.2) is 65.9 Å². The van der Waals surface area contributed by atoms with Gasteiger partial charge in [-0.25, -0.2) is 9.59 Å². The maximum atomic E-state index is 12.8. The molecule has 1 aliphatic heterocycles. The summed E-state index contributed by atoms with van der Waals surface area (Å²) in [6.45, 7) is 4.54. The number of carbonyl (C=O) groups is 3. The van der Waals surface area contributed by atoms with Crippen molar-refractivity contribution in [3.05, 3.63) is 77.0 Å². The summed E-state index contributed by atoms with van der Waals surface area (Å²) in [5, 5.41) is 5.72. The lowest BCUT2D eigenvalue weighted by molar-refractivity contribution is -0.136. The van der Waals surface area contributed by atoms with Crippen LogP contribution < -0.4 is 10.6 Å². The number of ether oxygens (including phenoxy) is 2. The zero-order valence-electron chi connectivity index (χ0n) is 19.8. The number of benzene rings is 2. The molecule has 1 atom stereocenters. The molecule has 0 spiro atoms. The van der Waals surface area contributed by atoms with Crippen molar-refractivity contribution in [3.8, 4) is 0 Å². The van der Waals surface area contributed by atoms with Gasteiger partial charge in [0, 0.05) is 17.9 Å². The fraction of sp³-hybridized carbons (Fsp3) is 0.346. The molecule has 1 heterocycles. The van der Waals surface area contributed by atoms with Gasteiger partial charge in [0.15, 0.2) is 0 Å². The van der Waals surface area contributed by atoms with Gasteiger partial charge in [0.2, 0.25) is 5.91 Å². The third kappa shape index (κ3) is 6.23. The SMILES string of the molecule is CCCCN1C(=O)N[C@@H](c2cccc(NC(=O)COCc3ccccc3)c2)C(C(=O)OC)=C1C. The second-order valence-corrected chi connectivity index (χ2v) is 8.03. The van der Waals surface area contributed by atoms with Crippen molar-refractivity contribution < 1.29 is 23.9 Å². The number of esters is 1. The molecule has 3 amide bonds. The van der Waals surface area contributed by atoms with E-state index < -0.39 is 12.0 Å². The molecule has 2 aromatic rings. The van der Waals surface area contributed by atoms with Gasteiger partial charge in [0.1, 0.15) is 6.61 Å². The fourth-order valence-electron chi connectivity index (χ4n) is 3.82. The summed E-state index contributed by atoms with van der Waals surface area (Å²) >= 11 is 0. The molecule has 0 radical (unpaired) electrons. The minimum Gasteiger partial charge on any atom is -0.466 e. The molecule has 8 nitrogen and oxygen atoms in total. The summed E-state index contributed by atoms with van der Waals surface area (Å²) in [6.07, 6.45) is 1.74. The van der Waals surface area contributed by atoms with Crippen LogP contribution in [0.4, 0.5) is 10.5 Å². The minimum atomic E-state index is -0.691. The van der Waals surface area contributed by atoms with E-state index in [1.165, 1.54) is 7.11 Å². The first-order chi connectivity index (χ1) is 16.4. The van der Waals surface area contributed by atoms with Gasteiger partial charge < -0.3 is 20.1 Å². The molecular formula is C26H31N3O5. The minimum absolute atomic E-state index is 0.0991. The Balaban J connectivity index is 1.73. The summed E-state index contributed by atoms with van der Waals surface area (Å²) in [4.78, 5) is 39.4. The Hall–Kier alpha value is -3.65. The number of methoxy groups -OCH3 is 1. The molecule has 0 saturated carbocycles. The largest absolute Gasteiger partial charge is 0.466 e. The highest BCUT2D eigenvalue weighted by Crippen LogP contribution is 2.32. The van der Waals surface area contributed by atoms with Gasteiger partial charge in [-0.15, -0.1) is 0 Å². The number of unbranched alkanes of at least 4 members (excludes halogenated alkanes) is 1. The lowest BCUT2D eigenvalue weighted by Crippen LogP contribution is -2.48. The second-order valence-electron chi connectivity index (χ2n) is 8.03. The summed E-state index contributed by atoms with van der Waals surface area (Å²) in [6, 6.07) is 15.7. The molecule has 0 aromatic heterocycles. The maximum Gasteiger partial charge on any atom is 0.337 e. The number of hydrogen-bond donors (Lipinski definition) is 2. The molecule has 2 aromatic carbocycles. The summed E-state index contributed by atoms with van der Waals surface area (Å²) in [5.74, 6) is -0.806. The standard InChI is InChI=1S/C26H31N3O5/c1-4-5-14-29-18(2)23(25(31)33-3)24(28-26(29)32)20-12-9-13-21(15-20)27-22(30)17-34-16-19-10-7-6-8-11-19/h6-13,15,24H,4-5,14,16-17H2,1-3H3,(H,27,30)(H,28,32)/t24-/m0/s1. The molecule has 0 aliphatic carbocycles. The Labute approximate surface area is 199 Å². The van der Waals surface area contributed by atoms with Crippen LogP contribution in [0.25, 0.3) is 0 Å². The number of anilines is 1. The van der Waals surface area contributed by atoms with Crippen LogP contribution in [-0.4, -0.2) is 43.1 Å². The zero-order chi connectivity index (χ0) is 24.5. The van der Waals surface area contributed by atoms with E-state index in [2.05, 4.69) is 10.6 Å². The van der Waals surface area contributed by atoms with Crippen molar-refractivity contribution in [3.63, 3.8) is 0 Å². The zero-order valence-corrected chi connectivity index (χ0v) is 19.8. The van der Waals surface area contributed by atoms with Gasteiger partial charge in [-0.3, -0.25) is 9.69 Å². The van der Waals surface area contributed by atoms with E-state index in [4.69, 9.17) is 9.47 Å². The number of carbonyl (C=O) groups excluding carboxylic acids is 3. The number of urea groups is 1. The van der Waals surface area contributed by atoms with Crippen molar-refractivity contribution in [2.45, 2.75) is 39.3 Å². The molecule has 2 N–H and O–H groups in total. The van der Waals surface area contributed by atoms with Gasteiger partial charge in [0.25, 0.3) is 0 Å². The predicted octanol–water partition coefficient (Wildman–Crippen LogP) is 4.16. The molecule has 3 rings (SSSR count).